The fourth-order valence-electron chi connectivity index (χ4n) is 8.44. The molecule has 2 fully saturated rings. The van der Waals surface area contributed by atoms with Crippen LogP contribution in [0, 0.1) is 11.3 Å². The summed E-state index contributed by atoms with van der Waals surface area (Å²) in [5.41, 5.74) is 0.625. The molecule has 2 N–H and O–H groups in total. The molecule has 1 aromatic rings. The van der Waals surface area contributed by atoms with E-state index < -0.39 is 11.2 Å². The SMILES string of the molecule is CCCC(C)(O)[C@H]1C[C@@]23C=C[C@]1(OC)[C@@H]1Oc4c(O)ccc5c4[C@@]12CCN(C)[C@@H]3C5. The zero-order valence-electron chi connectivity index (χ0n) is 18.4. The Bertz CT molecular complexity index is 957. The van der Waals surface area contributed by atoms with Crippen molar-refractivity contribution in [1.82, 2.24) is 4.90 Å². The molecular formula is C25H33NO4. The van der Waals surface area contributed by atoms with Crippen LogP contribution in [0.4, 0.5) is 0 Å². The van der Waals surface area contributed by atoms with Crippen LogP contribution in [-0.2, 0) is 16.6 Å². The minimum atomic E-state index is -0.850. The van der Waals surface area contributed by atoms with Crippen LogP contribution < -0.4 is 4.74 Å². The molecule has 0 radical (unpaired) electrons. The number of aliphatic hydroxyl groups is 1. The number of rotatable bonds is 4. The average molecular weight is 412 g/mol. The smallest absolute Gasteiger partial charge is 0.165 e. The molecule has 2 aliphatic heterocycles. The zero-order valence-corrected chi connectivity index (χ0v) is 18.4. The molecule has 7 rings (SSSR count). The van der Waals surface area contributed by atoms with E-state index in [1.54, 1.807) is 13.2 Å². The van der Waals surface area contributed by atoms with E-state index in [4.69, 9.17) is 9.47 Å². The standard InChI is InChI=1S/C25H33NO4/c1-5-8-22(2,28)17-14-23-9-10-25(17,29-4)21-24(23)11-12-26(3)18(23)13-15-6-7-16(27)20(30-21)19(15)24/h6-7,9-10,17-18,21,27-28H,5,8,11-14H2,1-4H3/t17-,18-,21-,22?,23-,24+,25-/m1/s1. The van der Waals surface area contributed by atoms with Crippen LogP contribution in [0.3, 0.4) is 0 Å². The molecule has 1 saturated heterocycles. The predicted octanol–water partition coefficient (Wildman–Crippen LogP) is 3.16. The second kappa shape index (κ2) is 5.62. The van der Waals surface area contributed by atoms with E-state index >= 15 is 0 Å². The van der Waals surface area contributed by atoms with Crippen molar-refractivity contribution in [2.45, 2.75) is 74.7 Å². The van der Waals surface area contributed by atoms with E-state index in [1.165, 1.54) is 11.1 Å². The number of fused-ring (bicyclic) bond motifs is 1. The van der Waals surface area contributed by atoms with Crippen molar-refractivity contribution in [3.8, 4) is 11.5 Å². The molecule has 5 nitrogen and oxygen atoms in total. The first kappa shape index (κ1) is 19.1. The second-order valence-corrected chi connectivity index (χ2v) is 10.7. The number of piperidine rings is 1. The average Bonchev–Trinajstić information content (AvgIpc) is 3.09. The van der Waals surface area contributed by atoms with E-state index in [2.05, 4.69) is 37.1 Å². The number of benzene rings is 1. The van der Waals surface area contributed by atoms with Crippen molar-refractivity contribution < 1.29 is 19.7 Å². The number of phenols is 1. The highest BCUT2D eigenvalue weighted by Gasteiger charge is 2.80. The minimum absolute atomic E-state index is 0.0647. The van der Waals surface area contributed by atoms with Gasteiger partial charge < -0.3 is 24.6 Å². The third kappa shape index (κ3) is 1.80. The monoisotopic (exact) mass is 411 g/mol. The van der Waals surface area contributed by atoms with E-state index in [-0.39, 0.29) is 28.6 Å². The Morgan fingerprint density at radius 1 is 1.33 bits per heavy atom. The largest absolute Gasteiger partial charge is 0.504 e. The van der Waals surface area contributed by atoms with Gasteiger partial charge in [0.1, 0.15) is 11.7 Å². The maximum absolute atomic E-state index is 11.7. The Morgan fingerprint density at radius 2 is 2.13 bits per heavy atom. The first-order valence-corrected chi connectivity index (χ1v) is 11.5. The third-order valence-corrected chi connectivity index (χ3v) is 9.58. The number of phenolic OH excluding ortho intramolecular Hbond substituents is 1. The molecule has 0 amide bonds. The summed E-state index contributed by atoms with van der Waals surface area (Å²) in [6, 6.07) is 4.23. The molecule has 0 aromatic heterocycles. The Morgan fingerprint density at radius 3 is 2.87 bits per heavy atom. The molecule has 1 unspecified atom stereocenters. The molecule has 162 valence electrons. The van der Waals surface area contributed by atoms with Gasteiger partial charge in [-0.25, -0.2) is 0 Å². The number of ether oxygens (including phenoxy) is 2. The molecule has 5 heteroatoms. The highest BCUT2D eigenvalue weighted by molar-refractivity contribution is 5.65. The molecule has 2 heterocycles. The molecule has 6 aliphatic rings. The quantitative estimate of drug-likeness (QED) is 0.746. The summed E-state index contributed by atoms with van der Waals surface area (Å²) in [5.74, 6) is 0.823. The van der Waals surface area contributed by atoms with Crippen LogP contribution in [-0.4, -0.2) is 59.2 Å². The second-order valence-electron chi connectivity index (χ2n) is 10.7. The first-order chi connectivity index (χ1) is 14.3. The van der Waals surface area contributed by atoms with Gasteiger partial charge in [0.05, 0.1) is 11.0 Å². The number of hydrogen-bond acceptors (Lipinski definition) is 5. The maximum atomic E-state index is 11.7. The molecule has 7 atom stereocenters. The number of nitrogens with zero attached hydrogens (tertiary/aromatic N) is 1. The van der Waals surface area contributed by atoms with Crippen molar-refractivity contribution in [2.75, 3.05) is 20.7 Å². The van der Waals surface area contributed by atoms with Crippen molar-refractivity contribution in [3.05, 3.63) is 35.4 Å². The van der Waals surface area contributed by atoms with E-state index in [1.807, 2.05) is 6.92 Å². The van der Waals surface area contributed by atoms with Gasteiger partial charge in [-0.05, 0) is 57.8 Å². The van der Waals surface area contributed by atoms with Gasteiger partial charge in [0.15, 0.2) is 11.5 Å². The van der Waals surface area contributed by atoms with Gasteiger partial charge in [-0.2, -0.15) is 0 Å². The summed E-state index contributed by atoms with van der Waals surface area (Å²) in [7, 11) is 4.00. The van der Waals surface area contributed by atoms with E-state index in [9.17, 15) is 10.2 Å². The summed E-state index contributed by atoms with van der Waals surface area (Å²) in [6.45, 7) is 5.11. The Kier molecular flexibility index (Phi) is 3.59. The van der Waals surface area contributed by atoms with Gasteiger partial charge in [0.25, 0.3) is 0 Å². The summed E-state index contributed by atoms with van der Waals surface area (Å²) in [4.78, 5) is 2.51. The van der Waals surface area contributed by atoms with Crippen LogP contribution in [0.5, 0.6) is 11.5 Å². The fraction of sp³-hybridized carbons (Fsp3) is 0.680. The Hall–Kier alpha value is -1.56. The Labute approximate surface area is 178 Å². The van der Waals surface area contributed by atoms with E-state index in [0.717, 1.165) is 38.6 Å². The molecule has 2 spiro atoms. The van der Waals surface area contributed by atoms with Crippen LogP contribution in [0.25, 0.3) is 0 Å². The van der Waals surface area contributed by atoms with Crippen LogP contribution >= 0.6 is 0 Å². The summed E-state index contributed by atoms with van der Waals surface area (Å²) < 4.78 is 13.1. The fourth-order valence-corrected chi connectivity index (χ4v) is 8.44. The van der Waals surface area contributed by atoms with Crippen molar-refractivity contribution in [2.24, 2.45) is 11.3 Å². The first-order valence-electron chi connectivity index (χ1n) is 11.5. The molecule has 4 bridgehead atoms. The predicted molar refractivity (Wildman–Crippen MR) is 114 cm³/mol. The number of methoxy groups -OCH3 is 1. The van der Waals surface area contributed by atoms with Crippen LogP contribution in [0.2, 0.25) is 0 Å². The minimum Gasteiger partial charge on any atom is -0.504 e. The molecule has 4 aliphatic carbocycles. The van der Waals surface area contributed by atoms with E-state index in [0.29, 0.717) is 11.8 Å². The van der Waals surface area contributed by atoms with Gasteiger partial charge in [-0.1, -0.05) is 31.6 Å². The maximum Gasteiger partial charge on any atom is 0.165 e. The van der Waals surface area contributed by atoms with Gasteiger partial charge in [0, 0.05) is 30.0 Å². The van der Waals surface area contributed by atoms with Gasteiger partial charge in [0.2, 0.25) is 0 Å². The lowest BCUT2D eigenvalue weighted by atomic mass is 9.36. The van der Waals surface area contributed by atoms with Crippen LogP contribution in [0.15, 0.2) is 24.3 Å². The van der Waals surface area contributed by atoms with Gasteiger partial charge >= 0.3 is 0 Å². The highest BCUT2D eigenvalue weighted by atomic mass is 16.6. The van der Waals surface area contributed by atoms with Gasteiger partial charge in [-0.3, -0.25) is 0 Å². The summed E-state index contributed by atoms with van der Waals surface area (Å²) >= 11 is 0. The van der Waals surface area contributed by atoms with Crippen molar-refractivity contribution in [3.63, 3.8) is 0 Å². The normalized spacial score (nSPS) is 44.5. The van der Waals surface area contributed by atoms with Crippen molar-refractivity contribution in [1.29, 1.82) is 0 Å². The summed E-state index contributed by atoms with van der Waals surface area (Å²) in [6.07, 6.45) is 8.86. The van der Waals surface area contributed by atoms with Gasteiger partial charge in [-0.15, -0.1) is 0 Å². The zero-order chi connectivity index (χ0) is 21.1. The topological polar surface area (TPSA) is 62.2 Å². The lowest BCUT2D eigenvalue weighted by Gasteiger charge is -2.72. The highest BCUT2D eigenvalue weighted by Crippen LogP contribution is 2.75. The lowest BCUT2D eigenvalue weighted by Crippen LogP contribution is -2.80. The molecule has 30 heavy (non-hydrogen) atoms. The third-order valence-electron chi connectivity index (χ3n) is 9.58. The Balaban J connectivity index is 1.66. The summed E-state index contributed by atoms with van der Waals surface area (Å²) in [5, 5.41) is 22.4. The van der Waals surface area contributed by atoms with Crippen molar-refractivity contribution >= 4 is 0 Å². The lowest BCUT2D eigenvalue weighted by molar-refractivity contribution is -0.247. The molecular weight excluding hydrogens is 378 g/mol. The number of likely N-dealkylation sites (N-methyl/N-ethyl adjacent to an activating group) is 1. The van der Waals surface area contributed by atoms with Crippen LogP contribution in [0.1, 0.15) is 50.7 Å². The number of aromatic hydroxyl groups is 1. The molecule has 1 aromatic carbocycles. The number of hydrogen-bond donors (Lipinski definition) is 2. The number of likely N-dealkylation sites (tertiary alicyclic amines) is 1. The molecule has 1 saturated carbocycles.